The molecule has 0 unspecified atom stereocenters. The van der Waals surface area contributed by atoms with Crippen LogP contribution in [-0.4, -0.2) is 39.8 Å². The van der Waals surface area contributed by atoms with Crippen molar-refractivity contribution in [3.05, 3.63) is 64.1 Å². The first-order valence-electron chi connectivity index (χ1n) is 8.02. The molecule has 2 amide bonds. The second kappa shape index (κ2) is 6.88. The highest BCUT2D eigenvalue weighted by molar-refractivity contribution is 5.89. The zero-order chi connectivity index (χ0) is 17.1. The summed E-state index contributed by atoms with van der Waals surface area (Å²) in [5.74, 6) is 0. The minimum Gasteiger partial charge on any atom is -0.391 e. The van der Waals surface area contributed by atoms with E-state index >= 15 is 0 Å². The fourth-order valence-corrected chi connectivity index (χ4v) is 2.77. The van der Waals surface area contributed by atoms with Crippen molar-refractivity contribution < 1.29 is 9.90 Å². The number of aromatic nitrogens is 1. The lowest BCUT2D eigenvalue weighted by Gasteiger charge is -2.16. The first-order valence-corrected chi connectivity index (χ1v) is 8.02. The first-order chi connectivity index (χ1) is 11.5. The zero-order valence-electron chi connectivity index (χ0n) is 13.6. The number of rotatable bonds is 3. The summed E-state index contributed by atoms with van der Waals surface area (Å²) in [6, 6.07) is 11.0. The second-order valence-electron chi connectivity index (χ2n) is 6.16. The number of hydrogen-bond acceptors (Lipinski definition) is 3. The van der Waals surface area contributed by atoms with Gasteiger partial charge in [-0.3, -0.25) is 4.79 Å². The Hall–Kier alpha value is -2.60. The van der Waals surface area contributed by atoms with Gasteiger partial charge in [0.25, 0.3) is 5.56 Å². The molecule has 0 bridgehead atoms. The number of nitrogens with zero attached hydrogens (tertiary/aromatic N) is 2. The number of β-amino-alcohol motifs (C(OH)–C–C–N with tert-alkyl or cyclic N) is 1. The Balaban J connectivity index is 1.74. The SMILES string of the molecule is Cc1ccc(Cn2cccc(NC(=O)N3CC[C@@H](O)C3)c2=O)cc1. The Morgan fingerprint density at radius 1 is 1.29 bits per heavy atom. The number of nitrogens with one attached hydrogen (secondary N) is 1. The van der Waals surface area contributed by atoms with E-state index in [0.717, 1.165) is 5.56 Å². The minimum atomic E-state index is -0.482. The van der Waals surface area contributed by atoms with Crippen LogP contribution in [0, 0.1) is 6.92 Å². The molecule has 1 saturated heterocycles. The lowest BCUT2D eigenvalue weighted by atomic mass is 10.1. The maximum absolute atomic E-state index is 12.5. The number of aliphatic hydroxyl groups is 1. The fraction of sp³-hybridized carbons (Fsp3) is 0.333. The lowest BCUT2D eigenvalue weighted by Crippen LogP contribution is -2.36. The van der Waals surface area contributed by atoms with E-state index in [2.05, 4.69) is 5.32 Å². The van der Waals surface area contributed by atoms with Gasteiger partial charge in [0.1, 0.15) is 5.69 Å². The Morgan fingerprint density at radius 3 is 2.71 bits per heavy atom. The van der Waals surface area contributed by atoms with Gasteiger partial charge in [0.05, 0.1) is 12.6 Å². The summed E-state index contributed by atoms with van der Waals surface area (Å²) in [7, 11) is 0. The molecule has 6 nitrogen and oxygen atoms in total. The van der Waals surface area contributed by atoms with Gasteiger partial charge in [0.15, 0.2) is 0 Å². The van der Waals surface area contributed by atoms with E-state index in [0.29, 0.717) is 26.1 Å². The molecule has 24 heavy (non-hydrogen) atoms. The Bertz CT molecular complexity index is 783. The molecule has 2 aromatic rings. The van der Waals surface area contributed by atoms with Gasteiger partial charge in [0, 0.05) is 19.3 Å². The van der Waals surface area contributed by atoms with Crippen LogP contribution in [0.1, 0.15) is 17.5 Å². The maximum atomic E-state index is 12.5. The summed E-state index contributed by atoms with van der Waals surface area (Å²) in [6.45, 7) is 3.26. The molecule has 1 aliphatic heterocycles. The van der Waals surface area contributed by atoms with Crippen molar-refractivity contribution in [1.82, 2.24) is 9.47 Å². The van der Waals surface area contributed by atoms with Crippen LogP contribution in [0.3, 0.4) is 0 Å². The minimum absolute atomic E-state index is 0.244. The van der Waals surface area contributed by atoms with Crippen molar-refractivity contribution in [2.45, 2.75) is 26.0 Å². The largest absolute Gasteiger partial charge is 0.391 e. The standard InChI is InChI=1S/C18H21N3O3/c1-13-4-6-14(7-5-13)11-20-9-2-3-16(17(20)23)19-18(24)21-10-8-15(22)12-21/h2-7,9,15,22H,8,10-12H2,1H3,(H,19,24)/t15-/m1/s1. The van der Waals surface area contributed by atoms with Gasteiger partial charge in [-0.1, -0.05) is 29.8 Å². The molecule has 126 valence electrons. The summed E-state index contributed by atoms with van der Waals surface area (Å²) in [6.07, 6.45) is 1.79. The monoisotopic (exact) mass is 327 g/mol. The van der Waals surface area contributed by atoms with Gasteiger partial charge >= 0.3 is 6.03 Å². The van der Waals surface area contributed by atoms with Gasteiger partial charge in [-0.2, -0.15) is 0 Å². The Labute approximate surface area is 140 Å². The van der Waals surface area contributed by atoms with E-state index in [1.165, 1.54) is 10.5 Å². The van der Waals surface area contributed by atoms with Gasteiger partial charge in [0.2, 0.25) is 0 Å². The number of anilines is 1. The third kappa shape index (κ3) is 3.65. The van der Waals surface area contributed by atoms with Crippen LogP contribution in [-0.2, 0) is 6.54 Å². The van der Waals surface area contributed by atoms with Crippen LogP contribution in [0.4, 0.5) is 10.5 Å². The van der Waals surface area contributed by atoms with Gasteiger partial charge in [-0.15, -0.1) is 0 Å². The molecule has 1 aromatic heterocycles. The van der Waals surface area contributed by atoms with E-state index < -0.39 is 6.10 Å². The fourth-order valence-electron chi connectivity index (χ4n) is 2.77. The van der Waals surface area contributed by atoms with Gasteiger partial charge < -0.3 is 19.9 Å². The Morgan fingerprint density at radius 2 is 2.04 bits per heavy atom. The molecule has 6 heteroatoms. The molecular formula is C18H21N3O3. The molecule has 0 saturated carbocycles. The third-order valence-electron chi connectivity index (χ3n) is 4.19. The summed E-state index contributed by atoms with van der Waals surface area (Å²) in [5, 5.41) is 12.2. The van der Waals surface area contributed by atoms with E-state index in [1.54, 1.807) is 22.9 Å². The number of carbonyl (C=O) groups is 1. The van der Waals surface area contributed by atoms with Crippen LogP contribution >= 0.6 is 0 Å². The normalized spacial score (nSPS) is 17.1. The number of likely N-dealkylation sites (tertiary alicyclic amines) is 1. The van der Waals surface area contributed by atoms with E-state index in [4.69, 9.17) is 0 Å². The predicted molar refractivity (Wildman–Crippen MR) is 92.2 cm³/mol. The molecule has 1 fully saturated rings. The smallest absolute Gasteiger partial charge is 0.322 e. The van der Waals surface area contributed by atoms with Crippen LogP contribution in [0.15, 0.2) is 47.4 Å². The zero-order valence-corrected chi connectivity index (χ0v) is 13.6. The quantitative estimate of drug-likeness (QED) is 0.903. The van der Waals surface area contributed by atoms with Gasteiger partial charge in [-0.25, -0.2) is 4.79 Å². The van der Waals surface area contributed by atoms with Crippen molar-refractivity contribution in [3.8, 4) is 0 Å². The van der Waals surface area contributed by atoms with E-state index in [-0.39, 0.29) is 17.3 Å². The molecule has 3 rings (SSSR count). The van der Waals surface area contributed by atoms with Crippen molar-refractivity contribution in [2.24, 2.45) is 0 Å². The molecular weight excluding hydrogens is 306 g/mol. The van der Waals surface area contributed by atoms with E-state index in [9.17, 15) is 14.7 Å². The second-order valence-corrected chi connectivity index (χ2v) is 6.16. The predicted octanol–water partition coefficient (Wildman–Crippen LogP) is 1.80. The summed E-state index contributed by atoms with van der Waals surface area (Å²) >= 11 is 0. The summed E-state index contributed by atoms with van der Waals surface area (Å²) in [4.78, 5) is 26.2. The highest BCUT2D eigenvalue weighted by atomic mass is 16.3. The lowest BCUT2D eigenvalue weighted by molar-refractivity contribution is 0.176. The summed E-state index contributed by atoms with van der Waals surface area (Å²) in [5.41, 5.74) is 2.19. The molecule has 2 N–H and O–H groups in total. The number of pyridine rings is 1. The average Bonchev–Trinajstić information content (AvgIpc) is 3.00. The number of aryl methyl sites for hydroxylation is 1. The first kappa shape index (κ1) is 16.3. The van der Waals surface area contributed by atoms with Crippen molar-refractivity contribution >= 4 is 11.7 Å². The molecule has 1 atom stereocenters. The van der Waals surface area contributed by atoms with Crippen molar-refractivity contribution in [2.75, 3.05) is 18.4 Å². The molecule has 1 aromatic carbocycles. The van der Waals surface area contributed by atoms with E-state index in [1.807, 2.05) is 31.2 Å². The third-order valence-corrected chi connectivity index (χ3v) is 4.19. The van der Waals surface area contributed by atoms with Gasteiger partial charge in [-0.05, 0) is 31.0 Å². The average molecular weight is 327 g/mol. The number of carbonyl (C=O) groups excluding carboxylic acids is 1. The maximum Gasteiger partial charge on any atom is 0.322 e. The highest BCUT2D eigenvalue weighted by Crippen LogP contribution is 2.11. The van der Waals surface area contributed by atoms with Crippen LogP contribution in [0.2, 0.25) is 0 Å². The highest BCUT2D eigenvalue weighted by Gasteiger charge is 2.25. The Kier molecular flexibility index (Phi) is 4.66. The molecule has 1 aliphatic rings. The van der Waals surface area contributed by atoms with Crippen LogP contribution in [0.5, 0.6) is 0 Å². The summed E-state index contributed by atoms with van der Waals surface area (Å²) < 4.78 is 1.57. The topological polar surface area (TPSA) is 74.6 Å². The van der Waals surface area contributed by atoms with Crippen molar-refractivity contribution in [3.63, 3.8) is 0 Å². The van der Waals surface area contributed by atoms with Crippen LogP contribution in [0.25, 0.3) is 0 Å². The number of urea groups is 1. The number of hydrogen-bond donors (Lipinski definition) is 2. The van der Waals surface area contributed by atoms with Crippen molar-refractivity contribution in [1.29, 1.82) is 0 Å². The molecule has 0 spiro atoms. The molecule has 0 aliphatic carbocycles. The number of benzene rings is 1. The number of amides is 2. The van der Waals surface area contributed by atoms with Crippen LogP contribution < -0.4 is 10.9 Å². The molecule has 0 radical (unpaired) electrons. The number of aliphatic hydroxyl groups excluding tert-OH is 1. The molecule has 2 heterocycles.